The molecule has 0 radical (unpaired) electrons. The summed E-state index contributed by atoms with van der Waals surface area (Å²) in [5.74, 6) is 4.37. The van der Waals surface area contributed by atoms with E-state index < -0.39 is 0 Å². The number of aromatic nitrogens is 2. The SMILES string of the molecule is CN(Cc1csc(Br)c1)c1cc(N2CCSCC2)ncn1. The molecule has 1 fully saturated rings. The van der Waals surface area contributed by atoms with Crippen molar-refractivity contribution in [1.29, 1.82) is 0 Å². The van der Waals surface area contributed by atoms with Gasteiger partial charge in [0.25, 0.3) is 0 Å². The van der Waals surface area contributed by atoms with Crippen molar-refractivity contribution < 1.29 is 0 Å². The Hall–Kier alpha value is -0.790. The van der Waals surface area contributed by atoms with Crippen LogP contribution >= 0.6 is 39.0 Å². The van der Waals surface area contributed by atoms with Crippen LogP contribution in [0.25, 0.3) is 0 Å². The third-order valence-corrected chi connectivity index (χ3v) is 5.90. The van der Waals surface area contributed by atoms with Crippen LogP contribution in [-0.4, -0.2) is 41.6 Å². The third kappa shape index (κ3) is 3.90. The van der Waals surface area contributed by atoms with Gasteiger partial charge < -0.3 is 9.80 Å². The van der Waals surface area contributed by atoms with Gasteiger partial charge in [-0.25, -0.2) is 9.97 Å². The van der Waals surface area contributed by atoms with Gasteiger partial charge in [-0.1, -0.05) is 0 Å². The lowest BCUT2D eigenvalue weighted by Crippen LogP contribution is -2.33. The number of nitrogens with zero attached hydrogens (tertiary/aromatic N) is 4. The molecule has 1 aliphatic heterocycles. The van der Waals surface area contributed by atoms with Gasteiger partial charge in [-0.3, -0.25) is 0 Å². The highest BCUT2D eigenvalue weighted by Gasteiger charge is 2.14. The van der Waals surface area contributed by atoms with E-state index in [4.69, 9.17) is 0 Å². The summed E-state index contributed by atoms with van der Waals surface area (Å²) >= 11 is 7.23. The van der Waals surface area contributed by atoms with Gasteiger partial charge in [-0.05, 0) is 32.9 Å². The van der Waals surface area contributed by atoms with Gasteiger partial charge in [0.1, 0.15) is 18.0 Å². The van der Waals surface area contributed by atoms with Crippen molar-refractivity contribution in [2.45, 2.75) is 6.54 Å². The number of anilines is 2. The zero-order chi connectivity index (χ0) is 14.7. The van der Waals surface area contributed by atoms with Crippen LogP contribution in [0.4, 0.5) is 11.6 Å². The van der Waals surface area contributed by atoms with Crippen molar-refractivity contribution in [2.24, 2.45) is 0 Å². The molecule has 0 unspecified atom stereocenters. The number of halogens is 1. The van der Waals surface area contributed by atoms with Crippen molar-refractivity contribution in [1.82, 2.24) is 9.97 Å². The van der Waals surface area contributed by atoms with E-state index in [1.807, 2.05) is 11.8 Å². The first-order valence-electron chi connectivity index (χ1n) is 6.81. The van der Waals surface area contributed by atoms with E-state index in [0.29, 0.717) is 0 Å². The first-order chi connectivity index (χ1) is 10.2. The van der Waals surface area contributed by atoms with Crippen LogP contribution in [0, 0.1) is 0 Å². The minimum absolute atomic E-state index is 0.856. The van der Waals surface area contributed by atoms with Crippen LogP contribution in [-0.2, 0) is 6.54 Å². The van der Waals surface area contributed by atoms with Crippen molar-refractivity contribution in [3.8, 4) is 0 Å². The molecule has 0 atom stereocenters. The molecule has 2 aromatic heterocycles. The normalized spacial score (nSPS) is 15.2. The molecule has 0 bridgehead atoms. The Labute approximate surface area is 141 Å². The fraction of sp³-hybridized carbons (Fsp3) is 0.429. The number of rotatable bonds is 4. The van der Waals surface area contributed by atoms with E-state index in [0.717, 1.165) is 31.3 Å². The molecule has 7 heteroatoms. The summed E-state index contributed by atoms with van der Waals surface area (Å²) in [5.41, 5.74) is 1.30. The summed E-state index contributed by atoms with van der Waals surface area (Å²) in [6.07, 6.45) is 1.67. The van der Waals surface area contributed by atoms with Gasteiger partial charge >= 0.3 is 0 Å². The first-order valence-corrected chi connectivity index (χ1v) is 9.64. The van der Waals surface area contributed by atoms with E-state index in [1.165, 1.54) is 20.9 Å². The molecule has 0 N–H and O–H groups in total. The second kappa shape index (κ2) is 6.98. The maximum Gasteiger partial charge on any atom is 0.134 e. The predicted molar refractivity (Wildman–Crippen MR) is 95.7 cm³/mol. The molecule has 4 nitrogen and oxygen atoms in total. The molecule has 1 saturated heterocycles. The van der Waals surface area contributed by atoms with E-state index in [1.54, 1.807) is 17.7 Å². The zero-order valence-electron chi connectivity index (χ0n) is 11.8. The summed E-state index contributed by atoms with van der Waals surface area (Å²) in [6.45, 7) is 3.00. The molecule has 2 aromatic rings. The van der Waals surface area contributed by atoms with Crippen molar-refractivity contribution >= 4 is 50.7 Å². The minimum Gasteiger partial charge on any atom is -0.355 e. The molecule has 0 aromatic carbocycles. The predicted octanol–water partition coefficient (Wildman–Crippen LogP) is 3.49. The second-order valence-corrected chi connectivity index (χ2v) is 8.46. The number of hydrogen-bond acceptors (Lipinski definition) is 6. The fourth-order valence-corrected chi connectivity index (χ4v) is 4.40. The Morgan fingerprint density at radius 2 is 2.10 bits per heavy atom. The Kier molecular flexibility index (Phi) is 5.03. The van der Waals surface area contributed by atoms with E-state index in [9.17, 15) is 0 Å². The smallest absolute Gasteiger partial charge is 0.134 e. The Balaban J connectivity index is 1.72. The van der Waals surface area contributed by atoms with E-state index in [2.05, 4.69) is 60.3 Å². The van der Waals surface area contributed by atoms with Crippen molar-refractivity contribution in [2.75, 3.05) is 41.4 Å². The first kappa shape index (κ1) is 15.1. The van der Waals surface area contributed by atoms with Gasteiger partial charge in [-0.2, -0.15) is 11.8 Å². The number of hydrogen-bond donors (Lipinski definition) is 0. The van der Waals surface area contributed by atoms with Crippen LogP contribution < -0.4 is 9.80 Å². The monoisotopic (exact) mass is 384 g/mol. The second-order valence-electron chi connectivity index (χ2n) is 4.95. The molecule has 0 aliphatic carbocycles. The van der Waals surface area contributed by atoms with Crippen LogP contribution in [0.1, 0.15) is 5.56 Å². The highest BCUT2D eigenvalue weighted by atomic mass is 79.9. The fourth-order valence-electron chi connectivity index (χ4n) is 2.29. The number of thioether (sulfide) groups is 1. The summed E-state index contributed by atoms with van der Waals surface area (Å²) in [7, 11) is 2.07. The highest BCUT2D eigenvalue weighted by molar-refractivity contribution is 9.11. The average molecular weight is 385 g/mol. The summed E-state index contributed by atoms with van der Waals surface area (Å²) < 4.78 is 1.17. The van der Waals surface area contributed by atoms with Crippen LogP contribution in [0.15, 0.2) is 27.6 Å². The summed E-state index contributed by atoms with van der Waals surface area (Å²) in [5, 5.41) is 2.17. The van der Waals surface area contributed by atoms with Crippen LogP contribution in [0.5, 0.6) is 0 Å². The molecule has 0 saturated carbocycles. The molecule has 0 spiro atoms. The molecule has 112 valence electrons. The average Bonchev–Trinajstić information content (AvgIpc) is 2.93. The topological polar surface area (TPSA) is 32.3 Å². The van der Waals surface area contributed by atoms with E-state index >= 15 is 0 Å². The lowest BCUT2D eigenvalue weighted by atomic mass is 10.3. The molecular weight excluding hydrogens is 368 g/mol. The molecule has 0 amide bonds. The van der Waals surface area contributed by atoms with Crippen LogP contribution in [0.2, 0.25) is 0 Å². The molecule has 21 heavy (non-hydrogen) atoms. The third-order valence-electron chi connectivity index (χ3n) is 3.41. The molecule has 1 aliphatic rings. The van der Waals surface area contributed by atoms with Crippen molar-refractivity contribution in [3.63, 3.8) is 0 Å². The Morgan fingerprint density at radius 3 is 2.81 bits per heavy atom. The molecule has 3 heterocycles. The van der Waals surface area contributed by atoms with Crippen LogP contribution in [0.3, 0.4) is 0 Å². The Morgan fingerprint density at radius 1 is 1.29 bits per heavy atom. The Bertz CT molecular complexity index is 598. The summed E-state index contributed by atoms with van der Waals surface area (Å²) in [6, 6.07) is 4.25. The largest absolute Gasteiger partial charge is 0.355 e. The van der Waals surface area contributed by atoms with Gasteiger partial charge in [0.15, 0.2) is 0 Å². The van der Waals surface area contributed by atoms with E-state index in [-0.39, 0.29) is 0 Å². The standard InChI is InChI=1S/C14H17BrN4S2/c1-18(8-11-6-12(15)21-9-11)13-7-14(17-10-16-13)19-2-4-20-5-3-19/h6-7,9-10H,2-5,8H2,1H3. The van der Waals surface area contributed by atoms with Gasteiger partial charge in [0.05, 0.1) is 3.79 Å². The van der Waals surface area contributed by atoms with Gasteiger partial charge in [0, 0.05) is 44.3 Å². The number of thiophene rings is 1. The summed E-state index contributed by atoms with van der Waals surface area (Å²) in [4.78, 5) is 13.4. The van der Waals surface area contributed by atoms with Gasteiger partial charge in [0.2, 0.25) is 0 Å². The minimum atomic E-state index is 0.856. The quantitative estimate of drug-likeness (QED) is 0.805. The maximum atomic E-state index is 4.43. The highest BCUT2D eigenvalue weighted by Crippen LogP contribution is 2.24. The lowest BCUT2D eigenvalue weighted by Gasteiger charge is -2.28. The zero-order valence-corrected chi connectivity index (χ0v) is 15.0. The van der Waals surface area contributed by atoms with Gasteiger partial charge in [-0.15, -0.1) is 11.3 Å². The maximum absolute atomic E-state index is 4.43. The van der Waals surface area contributed by atoms with Crippen molar-refractivity contribution in [3.05, 3.63) is 33.2 Å². The lowest BCUT2D eigenvalue weighted by molar-refractivity contribution is 0.827. The molecular formula is C14H17BrN4S2. The molecule has 3 rings (SSSR count).